The minimum Gasteiger partial charge on any atom is -0.478 e. The van der Waals surface area contributed by atoms with Crippen LogP contribution in [0.25, 0.3) is 0 Å². The fraction of sp³-hybridized carbons (Fsp3) is 0.647. The van der Waals surface area contributed by atoms with Crippen molar-refractivity contribution in [2.24, 2.45) is 11.3 Å². The van der Waals surface area contributed by atoms with Crippen molar-refractivity contribution in [3.05, 3.63) is 23.4 Å². The summed E-state index contributed by atoms with van der Waals surface area (Å²) in [6, 6.07) is 3.33. The Kier molecular flexibility index (Phi) is 4.55. The zero-order chi connectivity index (χ0) is 15.6. The van der Waals surface area contributed by atoms with E-state index in [0.29, 0.717) is 16.9 Å². The van der Waals surface area contributed by atoms with Crippen molar-refractivity contribution in [2.75, 3.05) is 18.0 Å². The van der Waals surface area contributed by atoms with Gasteiger partial charge in [-0.25, -0.2) is 9.78 Å². The Hall–Kier alpha value is -1.58. The van der Waals surface area contributed by atoms with E-state index in [1.807, 2.05) is 6.92 Å². The maximum Gasteiger partial charge on any atom is 0.335 e. The number of carbonyl (C=O) groups is 1. The Balaban J connectivity index is 2.17. The lowest BCUT2D eigenvalue weighted by molar-refractivity contribution is 0.0696. The fourth-order valence-electron chi connectivity index (χ4n) is 3.13. The maximum atomic E-state index is 11.2. The van der Waals surface area contributed by atoms with Crippen LogP contribution in [0.1, 0.15) is 56.1 Å². The first-order valence-corrected chi connectivity index (χ1v) is 7.74. The number of carboxylic acids is 1. The van der Waals surface area contributed by atoms with Gasteiger partial charge in [0.15, 0.2) is 0 Å². The van der Waals surface area contributed by atoms with E-state index in [2.05, 4.69) is 30.7 Å². The molecule has 4 nitrogen and oxygen atoms in total. The van der Waals surface area contributed by atoms with Gasteiger partial charge >= 0.3 is 5.97 Å². The number of carboxylic acid groups (broad SMARTS) is 1. The summed E-state index contributed by atoms with van der Waals surface area (Å²) in [5.41, 5.74) is 1.43. The van der Waals surface area contributed by atoms with E-state index in [-0.39, 0.29) is 0 Å². The summed E-state index contributed by atoms with van der Waals surface area (Å²) in [7, 11) is 0. The van der Waals surface area contributed by atoms with Crippen molar-refractivity contribution in [1.29, 1.82) is 0 Å². The normalized spacial score (nSPS) is 20.2. The van der Waals surface area contributed by atoms with Gasteiger partial charge in [-0.1, -0.05) is 20.8 Å². The van der Waals surface area contributed by atoms with E-state index in [1.165, 1.54) is 6.42 Å². The first kappa shape index (κ1) is 15.8. The van der Waals surface area contributed by atoms with Gasteiger partial charge in [0.2, 0.25) is 0 Å². The van der Waals surface area contributed by atoms with Crippen LogP contribution in [0.3, 0.4) is 0 Å². The van der Waals surface area contributed by atoms with Crippen LogP contribution in [0.5, 0.6) is 0 Å². The molecule has 2 heterocycles. The molecule has 21 heavy (non-hydrogen) atoms. The largest absolute Gasteiger partial charge is 0.478 e. The predicted molar refractivity (Wildman–Crippen MR) is 84.9 cm³/mol. The molecule has 1 aromatic rings. The van der Waals surface area contributed by atoms with Gasteiger partial charge in [0.25, 0.3) is 0 Å². The van der Waals surface area contributed by atoms with Crippen LogP contribution < -0.4 is 4.90 Å². The Labute approximate surface area is 127 Å². The van der Waals surface area contributed by atoms with E-state index >= 15 is 0 Å². The molecule has 4 heteroatoms. The topological polar surface area (TPSA) is 53.4 Å². The number of rotatable bonds is 2. The number of pyridine rings is 1. The third-order valence-corrected chi connectivity index (χ3v) is 4.46. The Morgan fingerprint density at radius 2 is 2.00 bits per heavy atom. The standard InChI is InChI=1S/C17H26N2O2/c1-12-10-13(16(20)21)11-15(18-12)19-8-5-6-14(7-9-19)17(2,3)4/h10-11,14H,5-9H2,1-4H3,(H,20,21). The second-order valence-corrected chi connectivity index (χ2v) is 7.14. The molecule has 1 aliphatic heterocycles. The summed E-state index contributed by atoms with van der Waals surface area (Å²) >= 11 is 0. The minimum atomic E-state index is -0.885. The molecule has 0 radical (unpaired) electrons. The zero-order valence-electron chi connectivity index (χ0n) is 13.5. The van der Waals surface area contributed by atoms with Crippen LogP contribution in [0, 0.1) is 18.3 Å². The summed E-state index contributed by atoms with van der Waals surface area (Å²) in [5.74, 6) is 0.636. The van der Waals surface area contributed by atoms with Gasteiger partial charge in [0.05, 0.1) is 5.56 Å². The molecule has 1 aliphatic rings. The Bertz CT molecular complexity index is 520. The Morgan fingerprint density at radius 3 is 2.62 bits per heavy atom. The summed E-state index contributed by atoms with van der Waals surface area (Å²) in [6.45, 7) is 10.7. The van der Waals surface area contributed by atoms with Crippen LogP contribution in [-0.2, 0) is 0 Å². The van der Waals surface area contributed by atoms with Gasteiger partial charge < -0.3 is 10.0 Å². The molecule has 116 valence electrons. The second-order valence-electron chi connectivity index (χ2n) is 7.14. The first-order chi connectivity index (χ1) is 9.77. The lowest BCUT2D eigenvalue weighted by Crippen LogP contribution is -2.27. The average Bonchev–Trinajstić information content (AvgIpc) is 2.63. The van der Waals surface area contributed by atoms with Crippen LogP contribution in [-0.4, -0.2) is 29.1 Å². The van der Waals surface area contributed by atoms with Crippen LogP contribution in [0.2, 0.25) is 0 Å². The summed E-state index contributed by atoms with van der Waals surface area (Å²) in [5, 5.41) is 9.19. The maximum absolute atomic E-state index is 11.2. The summed E-state index contributed by atoms with van der Waals surface area (Å²) in [4.78, 5) is 18.0. The zero-order valence-corrected chi connectivity index (χ0v) is 13.5. The highest BCUT2D eigenvalue weighted by atomic mass is 16.4. The average molecular weight is 290 g/mol. The van der Waals surface area contributed by atoms with Crippen molar-refractivity contribution in [3.63, 3.8) is 0 Å². The monoisotopic (exact) mass is 290 g/mol. The van der Waals surface area contributed by atoms with Crippen molar-refractivity contribution in [1.82, 2.24) is 4.98 Å². The number of hydrogen-bond acceptors (Lipinski definition) is 3. The van der Waals surface area contributed by atoms with Gasteiger partial charge in [0.1, 0.15) is 5.82 Å². The quantitative estimate of drug-likeness (QED) is 0.901. The van der Waals surface area contributed by atoms with E-state index in [1.54, 1.807) is 12.1 Å². The van der Waals surface area contributed by atoms with Crippen molar-refractivity contribution < 1.29 is 9.90 Å². The molecule has 0 aromatic carbocycles. The molecular weight excluding hydrogens is 264 g/mol. The SMILES string of the molecule is Cc1cc(C(=O)O)cc(N2CCCC(C(C)(C)C)CC2)n1. The van der Waals surface area contributed by atoms with E-state index in [0.717, 1.165) is 37.4 Å². The molecular formula is C17H26N2O2. The van der Waals surface area contributed by atoms with Gasteiger partial charge in [-0.2, -0.15) is 0 Å². The third-order valence-electron chi connectivity index (χ3n) is 4.46. The van der Waals surface area contributed by atoms with Crippen molar-refractivity contribution in [3.8, 4) is 0 Å². The molecule has 0 bridgehead atoms. The second kappa shape index (κ2) is 6.04. The first-order valence-electron chi connectivity index (χ1n) is 7.74. The molecule has 0 amide bonds. The highest BCUT2D eigenvalue weighted by Crippen LogP contribution is 2.35. The van der Waals surface area contributed by atoms with Crippen LogP contribution in [0.15, 0.2) is 12.1 Å². The molecule has 0 spiro atoms. The number of aromatic carboxylic acids is 1. The number of hydrogen-bond donors (Lipinski definition) is 1. The van der Waals surface area contributed by atoms with Gasteiger partial charge in [-0.3, -0.25) is 0 Å². The van der Waals surface area contributed by atoms with E-state index in [4.69, 9.17) is 0 Å². The van der Waals surface area contributed by atoms with Crippen molar-refractivity contribution in [2.45, 2.75) is 47.0 Å². The number of aryl methyl sites for hydroxylation is 1. The molecule has 1 atom stereocenters. The Morgan fingerprint density at radius 1 is 1.29 bits per heavy atom. The molecule has 0 aliphatic carbocycles. The highest BCUT2D eigenvalue weighted by Gasteiger charge is 2.27. The third kappa shape index (κ3) is 3.96. The molecule has 1 fully saturated rings. The highest BCUT2D eigenvalue weighted by molar-refractivity contribution is 5.88. The van der Waals surface area contributed by atoms with E-state index in [9.17, 15) is 9.90 Å². The lowest BCUT2D eigenvalue weighted by Gasteiger charge is -2.30. The molecule has 0 saturated carbocycles. The number of nitrogens with zero attached hydrogens (tertiary/aromatic N) is 2. The molecule has 1 saturated heterocycles. The van der Waals surface area contributed by atoms with E-state index < -0.39 is 5.97 Å². The molecule has 2 rings (SSSR count). The van der Waals surface area contributed by atoms with Gasteiger partial charge in [-0.05, 0) is 49.7 Å². The van der Waals surface area contributed by atoms with Crippen LogP contribution >= 0.6 is 0 Å². The summed E-state index contributed by atoms with van der Waals surface area (Å²) in [6.07, 6.45) is 3.51. The minimum absolute atomic E-state index is 0.328. The number of anilines is 1. The van der Waals surface area contributed by atoms with Crippen molar-refractivity contribution >= 4 is 11.8 Å². The lowest BCUT2D eigenvalue weighted by atomic mass is 9.77. The van der Waals surface area contributed by atoms with Gasteiger partial charge in [-0.15, -0.1) is 0 Å². The molecule has 1 unspecified atom stereocenters. The van der Waals surface area contributed by atoms with Crippen LogP contribution in [0.4, 0.5) is 5.82 Å². The molecule has 1 N–H and O–H groups in total. The fourth-order valence-corrected chi connectivity index (χ4v) is 3.13. The summed E-state index contributed by atoms with van der Waals surface area (Å²) < 4.78 is 0. The van der Waals surface area contributed by atoms with Gasteiger partial charge in [0, 0.05) is 18.8 Å². The predicted octanol–water partition coefficient (Wildman–Crippen LogP) is 3.74. The number of aromatic nitrogens is 1. The molecule has 1 aromatic heterocycles. The smallest absolute Gasteiger partial charge is 0.335 e.